The van der Waals surface area contributed by atoms with Crippen molar-refractivity contribution in [3.05, 3.63) is 59.2 Å². The van der Waals surface area contributed by atoms with Gasteiger partial charge in [-0.15, -0.1) is 0 Å². The molecule has 0 aliphatic carbocycles. The summed E-state index contributed by atoms with van der Waals surface area (Å²) in [6, 6.07) is 7.84. The number of rotatable bonds is 7. The van der Waals surface area contributed by atoms with Gasteiger partial charge in [0.15, 0.2) is 0 Å². The van der Waals surface area contributed by atoms with Crippen molar-refractivity contribution in [2.24, 2.45) is 0 Å². The molecule has 1 heterocycles. The number of benzene rings is 2. The number of hydrogen-bond acceptors (Lipinski definition) is 6. The van der Waals surface area contributed by atoms with Gasteiger partial charge >= 0.3 is 6.18 Å². The number of aliphatic hydroxyl groups is 1. The van der Waals surface area contributed by atoms with Crippen LogP contribution >= 0.6 is 0 Å². The average Bonchev–Trinajstić information content (AvgIpc) is 3.15. The summed E-state index contributed by atoms with van der Waals surface area (Å²) in [7, 11) is 0. The monoisotopic (exact) mass is 411 g/mol. The molecule has 0 radical (unpaired) electrons. The van der Waals surface area contributed by atoms with E-state index >= 15 is 0 Å². The van der Waals surface area contributed by atoms with Crippen LogP contribution in [0.2, 0.25) is 0 Å². The van der Waals surface area contributed by atoms with Crippen LogP contribution in [0.25, 0.3) is 11.4 Å². The molecular formula is C19H17F4N3O3. The second-order valence-corrected chi connectivity index (χ2v) is 6.11. The van der Waals surface area contributed by atoms with Crippen LogP contribution in [0.5, 0.6) is 5.75 Å². The molecule has 0 aliphatic heterocycles. The number of aliphatic hydroxyl groups excluding tert-OH is 1. The second kappa shape index (κ2) is 8.48. The van der Waals surface area contributed by atoms with E-state index in [9.17, 15) is 17.6 Å². The molecule has 0 fully saturated rings. The lowest BCUT2D eigenvalue weighted by molar-refractivity contribution is -0.137. The summed E-state index contributed by atoms with van der Waals surface area (Å²) >= 11 is 0. The maximum Gasteiger partial charge on any atom is 0.418 e. The van der Waals surface area contributed by atoms with Crippen LogP contribution in [0, 0.1) is 12.7 Å². The van der Waals surface area contributed by atoms with Gasteiger partial charge in [-0.05, 0) is 36.8 Å². The largest absolute Gasteiger partial charge is 0.491 e. The number of nitrogens with one attached hydrogen (secondary N) is 1. The summed E-state index contributed by atoms with van der Waals surface area (Å²) in [5.41, 5.74) is -0.280. The molecule has 0 atom stereocenters. The third-order valence-corrected chi connectivity index (χ3v) is 3.98. The van der Waals surface area contributed by atoms with Crippen LogP contribution in [0.1, 0.15) is 17.0 Å². The lowest BCUT2D eigenvalue weighted by atomic mass is 10.1. The van der Waals surface area contributed by atoms with Crippen molar-refractivity contribution in [2.45, 2.75) is 19.6 Å². The van der Waals surface area contributed by atoms with Crippen LogP contribution in [-0.4, -0.2) is 28.5 Å². The molecule has 6 nitrogen and oxygen atoms in total. The van der Waals surface area contributed by atoms with E-state index in [0.29, 0.717) is 11.1 Å². The number of nitrogens with zero attached hydrogens (tertiary/aromatic N) is 2. The molecule has 3 aromatic rings. The third kappa shape index (κ3) is 5.02. The molecule has 2 N–H and O–H groups in total. The van der Waals surface area contributed by atoms with Gasteiger partial charge in [0, 0.05) is 11.3 Å². The molecule has 1 aromatic heterocycles. The molecule has 0 saturated carbocycles. The SMILES string of the molecule is Cc1ccc(-c2noc(CNc3ccc(OCCO)cc3C(F)(F)F)n2)cc1F. The van der Waals surface area contributed by atoms with E-state index in [2.05, 4.69) is 15.5 Å². The highest BCUT2D eigenvalue weighted by Crippen LogP contribution is 2.37. The summed E-state index contributed by atoms with van der Waals surface area (Å²) < 4.78 is 63.8. The van der Waals surface area contributed by atoms with Crippen molar-refractivity contribution < 1.29 is 31.9 Å². The molecule has 0 aliphatic rings. The Hall–Kier alpha value is -3.14. The fraction of sp³-hybridized carbons (Fsp3) is 0.263. The Balaban J connectivity index is 1.76. The minimum absolute atomic E-state index is 0.0154. The molecule has 0 spiro atoms. The lowest BCUT2D eigenvalue weighted by Gasteiger charge is -2.15. The first-order valence-corrected chi connectivity index (χ1v) is 8.56. The number of hydrogen-bond donors (Lipinski definition) is 2. The number of aryl methyl sites for hydroxylation is 1. The summed E-state index contributed by atoms with van der Waals surface area (Å²) in [6.45, 7) is 1.02. The van der Waals surface area contributed by atoms with Crippen LogP contribution < -0.4 is 10.1 Å². The van der Waals surface area contributed by atoms with Crippen molar-refractivity contribution in [3.8, 4) is 17.1 Å². The molecule has 3 rings (SSSR count). The first-order valence-electron chi connectivity index (χ1n) is 8.56. The van der Waals surface area contributed by atoms with Gasteiger partial charge in [-0.3, -0.25) is 0 Å². The van der Waals surface area contributed by atoms with Gasteiger partial charge in [0.2, 0.25) is 11.7 Å². The molecule has 2 aromatic carbocycles. The molecular weight excluding hydrogens is 394 g/mol. The van der Waals surface area contributed by atoms with Gasteiger partial charge in [0.1, 0.15) is 18.2 Å². The topological polar surface area (TPSA) is 80.4 Å². The lowest BCUT2D eigenvalue weighted by Crippen LogP contribution is -2.12. The maximum absolute atomic E-state index is 13.7. The van der Waals surface area contributed by atoms with Gasteiger partial charge < -0.3 is 19.7 Å². The highest BCUT2D eigenvalue weighted by atomic mass is 19.4. The Morgan fingerprint density at radius 1 is 1.17 bits per heavy atom. The number of anilines is 1. The van der Waals surface area contributed by atoms with Crippen molar-refractivity contribution in [3.63, 3.8) is 0 Å². The molecule has 0 unspecified atom stereocenters. The normalized spacial score (nSPS) is 11.5. The van der Waals surface area contributed by atoms with E-state index < -0.39 is 17.6 Å². The quantitative estimate of drug-likeness (QED) is 0.568. The zero-order valence-corrected chi connectivity index (χ0v) is 15.3. The van der Waals surface area contributed by atoms with E-state index in [1.165, 1.54) is 18.2 Å². The van der Waals surface area contributed by atoms with E-state index in [0.717, 1.165) is 6.07 Å². The molecule has 10 heteroatoms. The van der Waals surface area contributed by atoms with E-state index in [1.807, 2.05) is 0 Å². The predicted molar refractivity (Wildman–Crippen MR) is 95.8 cm³/mol. The Morgan fingerprint density at radius 2 is 1.97 bits per heavy atom. The number of alkyl halides is 3. The Bertz CT molecular complexity index is 989. The molecule has 29 heavy (non-hydrogen) atoms. The minimum atomic E-state index is -4.62. The van der Waals surface area contributed by atoms with E-state index in [-0.39, 0.29) is 42.9 Å². The van der Waals surface area contributed by atoms with Gasteiger partial charge in [-0.25, -0.2) is 4.39 Å². The Kier molecular flexibility index (Phi) is 6.02. The molecule has 0 saturated heterocycles. The Labute approximate surface area is 163 Å². The molecule has 0 amide bonds. The van der Waals surface area contributed by atoms with Crippen LogP contribution in [0.15, 0.2) is 40.9 Å². The number of halogens is 4. The zero-order valence-electron chi connectivity index (χ0n) is 15.3. The second-order valence-electron chi connectivity index (χ2n) is 6.11. The van der Waals surface area contributed by atoms with Crippen molar-refractivity contribution in [1.29, 1.82) is 0 Å². The first-order chi connectivity index (χ1) is 13.8. The number of aromatic nitrogens is 2. The molecule has 0 bridgehead atoms. The number of ether oxygens (including phenoxy) is 1. The molecule has 154 valence electrons. The van der Waals surface area contributed by atoms with Crippen LogP contribution in [-0.2, 0) is 12.7 Å². The fourth-order valence-corrected chi connectivity index (χ4v) is 2.51. The fourth-order valence-electron chi connectivity index (χ4n) is 2.51. The highest BCUT2D eigenvalue weighted by molar-refractivity contribution is 5.57. The van der Waals surface area contributed by atoms with E-state index in [4.69, 9.17) is 14.4 Å². The van der Waals surface area contributed by atoms with Crippen molar-refractivity contribution in [2.75, 3.05) is 18.5 Å². The Morgan fingerprint density at radius 3 is 2.66 bits per heavy atom. The van der Waals surface area contributed by atoms with Crippen molar-refractivity contribution >= 4 is 5.69 Å². The maximum atomic E-state index is 13.7. The summed E-state index contributed by atoms with van der Waals surface area (Å²) in [4.78, 5) is 4.08. The van der Waals surface area contributed by atoms with E-state index in [1.54, 1.807) is 19.1 Å². The third-order valence-electron chi connectivity index (χ3n) is 3.98. The first kappa shape index (κ1) is 20.6. The standard InChI is InChI=1S/C19H17F4N3O3/c1-11-2-3-12(8-15(11)20)18-25-17(29-26-18)10-24-16-5-4-13(28-7-6-27)9-14(16)19(21,22)23/h2-5,8-9,24,27H,6-7,10H2,1H3. The van der Waals surface area contributed by atoms with Gasteiger partial charge in [0.25, 0.3) is 0 Å². The minimum Gasteiger partial charge on any atom is -0.491 e. The van der Waals surface area contributed by atoms with Gasteiger partial charge in [0.05, 0.1) is 18.7 Å². The average molecular weight is 411 g/mol. The smallest absolute Gasteiger partial charge is 0.418 e. The zero-order chi connectivity index (χ0) is 21.0. The highest BCUT2D eigenvalue weighted by Gasteiger charge is 2.34. The summed E-state index contributed by atoms with van der Waals surface area (Å²) in [5, 5.41) is 15.1. The van der Waals surface area contributed by atoms with Crippen LogP contribution in [0.4, 0.5) is 23.2 Å². The summed E-state index contributed by atoms with van der Waals surface area (Å²) in [6.07, 6.45) is -4.62. The van der Waals surface area contributed by atoms with Crippen molar-refractivity contribution in [1.82, 2.24) is 10.1 Å². The van der Waals surface area contributed by atoms with Gasteiger partial charge in [-0.1, -0.05) is 17.3 Å². The van der Waals surface area contributed by atoms with Crippen LogP contribution in [0.3, 0.4) is 0 Å². The predicted octanol–water partition coefficient (Wildman–Crippen LogP) is 4.19. The summed E-state index contributed by atoms with van der Waals surface area (Å²) in [5.74, 6) is -0.275. The van der Waals surface area contributed by atoms with Gasteiger partial charge in [-0.2, -0.15) is 18.2 Å².